The zero-order valence-electron chi connectivity index (χ0n) is 13.2. The smallest absolute Gasteiger partial charge is 0.309 e. The fourth-order valence-corrected chi connectivity index (χ4v) is 3.03. The van der Waals surface area contributed by atoms with E-state index in [1.807, 2.05) is 37.3 Å². The minimum atomic E-state index is -0.670. The summed E-state index contributed by atoms with van der Waals surface area (Å²) in [6.45, 7) is 2.76. The molecule has 0 saturated heterocycles. The summed E-state index contributed by atoms with van der Waals surface area (Å²) < 4.78 is 10.6. The third-order valence-electron chi connectivity index (χ3n) is 4.30. The molecule has 1 aromatic rings. The van der Waals surface area contributed by atoms with Gasteiger partial charge in [-0.05, 0) is 44.1 Å². The molecule has 0 aliphatic heterocycles. The van der Waals surface area contributed by atoms with Gasteiger partial charge < -0.3 is 14.6 Å². The van der Waals surface area contributed by atoms with Crippen molar-refractivity contribution in [2.24, 2.45) is 11.8 Å². The van der Waals surface area contributed by atoms with Crippen LogP contribution in [0.5, 0.6) is 0 Å². The van der Waals surface area contributed by atoms with E-state index >= 15 is 0 Å². The van der Waals surface area contributed by atoms with Crippen LogP contribution in [-0.4, -0.2) is 24.0 Å². The molecule has 4 heteroatoms. The van der Waals surface area contributed by atoms with Crippen LogP contribution >= 0.6 is 0 Å². The van der Waals surface area contributed by atoms with Crippen molar-refractivity contribution in [3.63, 3.8) is 0 Å². The molecule has 122 valence electrons. The summed E-state index contributed by atoms with van der Waals surface area (Å²) in [6.07, 6.45) is 3.59. The molecule has 1 N–H and O–H groups in total. The van der Waals surface area contributed by atoms with Gasteiger partial charge in [-0.2, -0.15) is 0 Å². The Morgan fingerprint density at radius 1 is 1.23 bits per heavy atom. The van der Waals surface area contributed by atoms with Crippen LogP contribution in [0.4, 0.5) is 0 Å². The van der Waals surface area contributed by atoms with E-state index in [9.17, 15) is 9.90 Å². The molecule has 0 bridgehead atoms. The second-order valence-electron chi connectivity index (χ2n) is 5.96. The molecular weight excluding hydrogens is 280 g/mol. The summed E-state index contributed by atoms with van der Waals surface area (Å²) in [6, 6.07) is 9.75. The molecular formula is C18H26O4. The highest BCUT2D eigenvalue weighted by atomic mass is 16.6. The zero-order valence-corrected chi connectivity index (χ0v) is 13.2. The molecule has 2 rings (SSSR count). The Hall–Kier alpha value is -1.39. The Labute approximate surface area is 132 Å². The lowest BCUT2D eigenvalue weighted by molar-refractivity contribution is -0.151. The number of rotatable bonds is 7. The first-order valence-corrected chi connectivity index (χ1v) is 8.19. The van der Waals surface area contributed by atoms with Crippen molar-refractivity contribution in [3.8, 4) is 0 Å². The van der Waals surface area contributed by atoms with Gasteiger partial charge in [0, 0.05) is 13.0 Å². The highest BCUT2D eigenvalue weighted by Crippen LogP contribution is 2.32. The molecule has 0 amide bonds. The third kappa shape index (κ3) is 5.43. The normalized spacial score (nSPS) is 23.0. The molecule has 1 aromatic carbocycles. The monoisotopic (exact) mass is 306 g/mol. The summed E-state index contributed by atoms with van der Waals surface area (Å²) in [5.74, 6) is 0.358. The summed E-state index contributed by atoms with van der Waals surface area (Å²) in [5.41, 5.74) is 1.02. The number of hydrogen-bond acceptors (Lipinski definition) is 4. The number of esters is 1. The maximum Gasteiger partial charge on any atom is 0.309 e. The topological polar surface area (TPSA) is 55.8 Å². The van der Waals surface area contributed by atoms with Crippen LogP contribution < -0.4 is 0 Å². The van der Waals surface area contributed by atoms with Crippen LogP contribution in [0.2, 0.25) is 0 Å². The van der Waals surface area contributed by atoms with Crippen LogP contribution in [-0.2, 0) is 20.9 Å². The number of aliphatic hydroxyl groups is 1. The van der Waals surface area contributed by atoms with Crippen molar-refractivity contribution in [1.29, 1.82) is 0 Å². The van der Waals surface area contributed by atoms with E-state index in [0.717, 1.165) is 31.2 Å². The highest BCUT2D eigenvalue weighted by molar-refractivity contribution is 5.72. The summed E-state index contributed by atoms with van der Waals surface area (Å²) in [5, 5.41) is 9.67. The molecule has 22 heavy (non-hydrogen) atoms. The molecule has 1 fully saturated rings. The molecule has 1 aliphatic rings. The first kappa shape index (κ1) is 17.0. The summed E-state index contributed by atoms with van der Waals surface area (Å²) in [4.78, 5) is 12.1. The molecule has 0 heterocycles. The van der Waals surface area contributed by atoms with Crippen LogP contribution in [0.3, 0.4) is 0 Å². The number of ether oxygens (including phenoxy) is 2. The van der Waals surface area contributed by atoms with Crippen LogP contribution in [0.15, 0.2) is 30.3 Å². The fourth-order valence-electron chi connectivity index (χ4n) is 3.03. The predicted octanol–water partition coefficient (Wildman–Crippen LogP) is 3.28. The van der Waals surface area contributed by atoms with Crippen LogP contribution in [0.1, 0.15) is 44.6 Å². The number of carbonyl (C=O) groups is 1. The number of hydrogen-bond donors (Lipinski definition) is 1. The van der Waals surface area contributed by atoms with Gasteiger partial charge in [0.05, 0.1) is 5.92 Å². The molecule has 1 atom stereocenters. The van der Waals surface area contributed by atoms with Gasteiger partial charge in [-0.15, -0.1) is 0 Å². The molecule has 1 aliphatic carbocycles. The lowest BCUT2D eigenvalue weighted by Crippen LogP contribution is -2.26. The molecule has 4 nitrogen and oxygen atoms in total. The van der Waals surface area contributed by atoms with E-state index < -0.39 is 6.29 Å². The summed E-state index contributed by atoms with van der Waals surface area (Å²) >= 11 is 0. The first-order valence-electron chi connectivity index (χ1n) is 8.19. The molecule has 1 unspecified atom stereocenters. The maximum absolute atomic E-state index is 12.1. The van der Waals surface area contributed by atoms with Gasteiger partial charge in [0.25, 0.3) is 0 Å². The zero-order chi connectivity index (χ0) is 15.8. The molecule has 0 aromatic heterocycles. The quantitative estimate of drug-likeness (QED) is 0.620. The van der Waals surface area contributed by atoms with Crippen molar-refractivity contribution in [1.82, 2.24) is 0 Å². The molecule has 1 saturated carbocycles. The second kappa shape index (κ2) is 8.91. The van der Waals surface area contributed by atoms with E-state index in [-0.39, 0.29) is 11.9 Å². The Morgan fingerprint density at radius 2 is 1.91 bits per heavy atom. The van der Waals surface area contributed by atoms with Crippen molar-refractivity contribution in [2.75, 3.05) is 6.61 Å². The molecule has 0 spiro atoms. The van der Waals surface area contributed by atoms with Gasteiger partial charge in [-0.1, -0.05) is 30.3 Å². The first-order chi connectivity index (χ1) is 10.7. The Morgan fingerprint density at radius 3 is 2.55 bits per heavy atom. The minimum Gasteiger partial charge on any atom is -0.461 e. The average molecular weight is 306 g/mol. The van der Waals surface area contributed by atoms with E-state index in [0.29, 0.717) is 25.6 Å². The van der Waals surface area contributed by atoms with E-state index in [2.05, 4.69) is 0 Å². The van der Waals surface area contributed by atoms with Gasteiger partial charge in [0.15, 0.2) is 6.29 Å². The standard InChI is InChI=1S/C18H26O4/c1-2-21-17(19)12-14-8-10-16(11-9-14)18(20)22-13-15-6-4-3-5-7-15/h3-7,14,16-17,19H,2,8-13H2,1H3. The van der Waals surface area contributed by atoms with Gasteiger partial charge in [0.1, 0.15) is 6.61 Å². The van der Waals surface area contributed by atoms with Gasteiger partial charge in [-0.25, -0.2) is 0 Å². The number of benzene rings is 1. The third-order valence-corrected chi connectivity index (χ3v) is 4.30. The number of aliphatic hydroxyl groups excluding tert-OH is 1. The van der Waals surface area contributed by atoms with E-state index in [4.69, 9.17) is 9.47 Å². The predicted molar refractivity (Wildman–Crippen MR) is 83.9 cm³/mol. The van der Waals surface area contributed by atoms with Crippen molar-refractivity contribution < 1.29 is 19.4 Å². The lowest BCUT2D eigenvalue weighted by atomic mass is 9.80. The largest absolute Gasteiger partial charge is 0.461 e. The molecule has 0 radical (unpaired) electrons. The van der Waals surface area contributed by atoms with Crippen LogP contribution in [0.25, 0.3) is 0 Å². The highest BCUT2D eigenvalue weighted by Gasteiger charge is 2.28. The average Bonchev–Trinajstić information content (AvgIpc) is 2.54. The van der Waals surface area contributed by atoms with E-state index in [1.165, 1.54) is 0 Å². The maximum atomic E-state index is 12.1. The Kier molecular flexibility index (Phi) is 6.87. The summed E-state index contributed by atoms with van der Waals surface area (Å²) in [7, 11) is 0. The fraction of sp³-hybridized carbons (Fsp3) is 0.611. The minimum absolute atomic E-state index is 0.00389. The van der Waals surface area contributed by atoms with Gasteiger partial charge >= 0.3 is 5.97 Å². The van der Waals surface area contributed by atoms with Gasteiger partial charge in [0.2, 0.25) is 0 Å². The second-order valence-corrected chi connectivity index (χ2v) is 5.96. The van der Waals surface area contributed by atoms with E-state index in [1.54, 1.807) is 0 Å². The number of carbonyl (C=O) groups excluding carboxylic acids is 1. The van der Waals surface area contributed by atoms with Crippen molar-refractivity contribution >= 4 is 5.97 Å². The van der Waals surface area contributed by atoms with Crippen LogP contribution in [0, 0.1) is 11.8 Å². The van der Waals surface area contributed by atoms with Gasteiger partial charge in [-0.3, -0.25) is 4.79 Å². The SMILES string of the molecule is CCOC(O)CC1CCC(C(=O)OCc2ccccc2)CC1. The van der Waals surface area contributed by atoms with Crippen molar-refractivity contribution in [3.05, 3.63) is 35.9 Å². The Bertz CT molecular complexity index is 438. The van der Waals surface area contributed by atoms with Crippen molar-refractivity contribution in [2.45, 2.75) is 51.9 Å². The lowest BCUT2D eigenvalue weighted by Gasteiger charge is -2.28. The Balaban J connectivity index is 1.68.